The summed E-state index contributed by atoms with van der Waals surface area (Å²) < 4.78 is 11.0. The van der Waals surface area contributed by atoms with Crippen LogP contribution < -0.4 is 15.0 Å². The van der Waals surface area contributed by atoms with Crippen molar-refractivity contribution >= 4 is 40.7 Å². The fourth-order valence-electron chi connectivity index (χ4n) is 5.37. The van der Waals surface area contributed by atoms with E-state index >= 15 is 0 Å². The Balaban J connectivity index is 1.24. The summed E-state index contributed by atoms with van der Waals surface area (Å²) >= 11 is 12.6. The number of halogens is 2. The fourth-order valence-corrected chi connectivity index (χ4v) is 5.71. The van der Waals surface area contributed by atoms with Crippen LogP contribution in [0.1, 0.15) is 42.5 Å². The van der Waals surface area contributed by atoms with E-state index in [9.17, 15) is 9.59 Å². The summed E-state index contributed by atoms with van der Waals surface area (Å²) in [5.41, 5.74) is 3.65. The van der Waals surface area contributed by atoms with Gasteiger partial charge >= 0.3 is 0 Å². The first-order valence-electron chi connectivity index (χ1n) is 14.9. The second kappa shape index (κ2) is 15.0. The van der Waals surface area contributed by atoms with Crippen LogP contribution in [0, 0.1) is 0 Å². The van der Waals surface area contributed by atoms with Gasteiger partial charge < -0.3 is 19.7 Å². The number of amides is 2. The van der Waals surface area contributed by atoms with Gasteiger partial charge in [-0.25, -0.2) is 0 Å². The van der Waals surface area contributed by atoms with Crippen molar-refractivity contribution in [2.45, 2.75) is 57.2 Å². The Morgan fingerprint density at radius 1 is 1.07 bits per heavy atom. The van der Waals surface area contributed by atoms with Crippen molar-refractivity contribution in [2.75, 3.05) is 38.3 Å². The quantitative estimate of drug-likeness (QED) is 0.239. The largest absolute Gasteiger partial charge is 0.494 e. The first-order valence-corrected chi connectivity index (χ1v) is 15.6. The first-order chi connectivity index (χ1) is 20.9. The molecule has 0 unspecified atom stereocenters. The highest BCUT2D eigenvalue weighted by Gasteiger charge is 2.41. The van der Waals surface area contributed by atoms with Crippen molar-refractivity contribution in [3.8, 4) is 5.75 Å². The highest BCUT2D eigenvalue weighted by molar-refractivity contribution is 6.31. The summed E-state index contributed by atoms with van der Waals surface area (Å²) in [6.45, 7) is 2.20. The highest BCUT2D eigenvalue weighted by atomic mass is 35.5. The number of piperazine rings is 1. The van der Waals surface area contributed by atoms with Crippen molar-refractivity contribution in [1.82, 2.24) is 15.2 Å². The molecule has 5 rings (SSSR count). The third kappa shape index (κ3) is 8.48. The predicted molar refractivity (Wildman–Crippen MR) is 169 cm³/mol. The van der Waals surface area contributed by atoms with Gasteiger partial charge in [0.1, 0.15) is 11.8 Å². The van der Waals surface area contributed by atoms with E-state index in [1.807, 2.05) is 53.4 Å². The molecule has 2 fully saturated rings. The second-order valence-corrected chi connectivity index (χ2v) is 11.9. The molecule has 228 valence electrons. The zero-order valence-corrected chi connectivity index (χ0v) is 25.9. The first kappa shape index (κ1) is 31.3. The molecule has 2 heterocycles. The molecule has 43 heavy (non-hydrogen) atoms. The highest BCUT2D eigenvalue weighted by Crippen LogP contribution is 2.32. The minimum atomic E-state index is -0.638. The summed E-state index contributed by atoms with van der Waals surface area (Å²) in [5.74, 6) is 0.564. The SMILES string of the molecule is COCCCc1cc(CN(C(=O)[C@H]2CNCC(=O)N2c2ccc(CCCOc3cccc(Cl)c3)cc2)C2CC2)c(Cl)cn1. The van der Waals surface area contributed by atoms with Crippen LogP contribution in [-0.2, 0) is 33.7 Å². The van der Waals surface area contributed by atoms with Gasteiger partial charge in [-0.15, -0.1) is 0 Å². The number of aryl methyl sites for hydroxylation is 2. The Hall–Kier alpha value is -3.17. The average molecular weight is 626 g/mol. The normalized spacial score (nSPS) is 16.8. The lowest BCUT2D eigenvalue weighted by atomic mass is 10.1. The summed E-state index contributed by atoms with van der Waals surface area (Å²) in [6.07, 6.45) is 6.84. The van der Waals surface area contributed by atoms with E-state index in [0.717, 1.165) is 66.8 Å². The van der Waals surface area contributed by atoms with Gasteiger partial charge in [-0.05, 0) is 86.1 Å². The lowest BCUT2D eigenvalue weighted by molar-refractivity contribution is -0.136. The number of anilines is 1. The number of aromatic nitrogens is 1. The van der Waals surface area contributed by atoms with Crippen molar-refractivity contribution in [3.05, 3.63) is 87.7 Å². The molecule has 10 heteroatoms. The number of hydrogen-bond acceptors (Lipinski definition) is 6. The Morgan fingerprint density at radius 2 is 1.86 bits per heavy atom. The minimum absolute atomic E-state index is 0.0703. The molecule has 2 aromatic carbocycles. The van der Waals surface area contributed by atoms with E-state index in [1.54, 1.807) is 24.3 Å². The lowest BCUT2D eigenvalue weighted by Gasteiger charge is -2.38. The van der Waals surface area contributed by atoms with Crippen molar-refractivity contribution in [3.63, 3.8) is 0 Å². The smallest absolute Gasteiger partial charge is 0.247 e. The van der Waals surface area contributed by atoms with Crippen LogP contribution >= 0.6 is 23.2 Å². The number of ether oxygens (including phenoxy) is 2. The molecule has 0 spiro atoms. The second-order valence-electron chi connectivity index (χ2n) is 11.0. The number of nitrogens with one attached hydrogen (secondary N) is 1. The predicted octanol–water partition coefficient (Wildman–Crippen LogP) is 5.48. The van der Waals surface area contributed by atoms with Gasteiger partial charge in [0.05, 0.1) is 18.2 Å². The summed E-state index contributed by atoms with van der Waals surface area (Å²) in [7, 11) is 1.68. The third-order valence-corrected chi connectivity index (χ3v) is 8.33. The van der Waals surface area contributed by atoms with Crippen LogP contribution in [0.25, 0.3) is 0 Å². The van der Waals surface area contributed by atoms with Gasteiger partial charge in [-0.2, -0.15) is 0 Å². The molecule has 0 bridgehead atoms. The molecule has 1 saturated heterocycles. The minimum Gasteiger partial charge on any atom is -0.494 e. The molecule has 1 saturated carbocycles. The number of carbonyl (C=O) groups excluding carboxylic acids is 2. The molecule has 1 aliphatic carbocycles. The number of nitrogens with zero attached hydrogens (tertiary/aromatic N) is 3. The Bertz CT molecular complexity index is 1400. The summed E-state index contributed by atoms with van der Waals surface area (Å²) in [5, 5.41) is 4.34. The third-order valence-electron chi connectivity index (χ3n) is 7.75. The molecular formula is C33H38Cl2N4O4. The van der Waals surface area contributed by atoms with Gasteiger partial charge in [-0.3, -0.25) is 19.5 Å². The molecular weight excluding hydrogens is 587 g/mol. The average Bonchev–Trinajstić information content (AvgIpc) is 3.85. The van der Waals surface area contributed by atoms with Crippen LogP contribution in [0.2, 0.25) is 10.0 Å². The molecule has 3 aromatic rings. The van der Waals surface area contributed by atoms with Crippen molar-refractivity contribution in [2.24, 2.45) is 0 Å². The maximum atomic E-state index is 14.1. The molecule has 1 aromatic heterocycles. The lowest BCUT2D eigenvalue weighted by Crippen LogP contribution is -2.61. The van der Waals surface area contributed by atoms with Crippen LogP contribution in [-0.4, -0.2) is 67.2 Å². The van der Waals surface area contributed by atoms with Crippen LogP contribution in [0.15, 0.2) is 60.8 Å². The molecule has 1 atom stereocenters. The number of carbonyl (C=O) groups is 2. The van der Waals surface area contributed by atoms with Crippen molar-refractivity contribution in [1.29, 1.82) is 0 Å². The standard InChI is InChI=1S/C33H38Cl2N4O4/c1-42-15-4-7-26-17-24(30(35)19-37-26)22-38(27-13-14-27)33(41)31-20-36-21-32(40)39(31)28-11-9-23(10-12-28)5-3-16-43-29-8-2-6-25(34)18-29/h2,6,8-12,17-19,27,31,36H,3-5,7,13-16,20-22H2,1H3/t31-/m1/s1. The number of rotatable bonds is 14. The molecule has 0 radical (unpaired) electrons. The molecule has 2 aliphatic rings. The van der Waals surface area contributed by atoms with E-state index in [4.69, 9.17) is 32.7 Å². The van der Waals surface area contributed by atoms with Crippen molar-refractivity contribution < 1.29 is 19.1 Å². The molecule has 1 N–H and O–H groups in total. The van der Waals surface area contributed by atoms with Crippen LogP contribution in [0.3, 0.4) is 0 Å². The van der Waals surface area contributed by atoms with Gasteiger partial charge in [0.25, 0.3) is 0 Å². The van der Waals surface area contributed by atoms with Gasteiger partial charge in [-0.1, -0.05) is 41.4 Å². The summed E-state index contributed by atoms with van der Waals surface area (Å²) in [6, 6.07) is 16.8. The maximum Gasteiger partial charge on any atom is 0.247 e. The Kier molecular flexibility index (Phi) is 10.9. The molecule has 8 nitrogen and oxygen atoms in total. The topological polar surface area (TPSA) is 84.0 Å². The van der Waals surface area contributed by atoms with E-state index in [1.165, 1.54) is 0 Å². The number of methoxy groups -OCH3 is 1. The van der Waals surface area contributed by atoms with Crippen LogP contribution in [0.5, 0.6) is 5.75 Å². The number of pyridine rings is 1. The van der Waals surface area contributed by atoms with E-state index < -0.39 is 6.04 Å². The zero-order chi connectivity index (χ0) is 30.2. The molecule has 2 amide bonds. The number of hydrogen-bond donors (Lipinski definition) is 1. The zero-order valence-electron chi connectivity index (χ0n) is 24.4. The Labute approximate surface area is 263 Å². The van der Waals surface area contributed by atoms with Gasteiger partial charge in [0.2, 0.25) is 11.8 Å². The van der Waals surface area contributed by atoms with Gasteiger partial charge in [0.15, 0.2) is 0 Å². The number of benzene rings is 2. The van der Waals surface area contributed by atoms with Gasteiger partial charge in [0, 0.05) is 55.4 Å². The van der Waals surface area contributed by atoms with E-state index in [2.05, 4.69) is 10.3 Å². The van der Waals surface area contributed by atoms with Crippen LogP contribution in [0.4, 0.5) is 5.69 Å². The monoisotopic (exact) mass is 624 g/mol. The molecule has 1 aliphatic heterocycles. The summed E-state index contributed by atoms with van der Waals surface area (Å²) in [4.78, 5) is 35.3. The fraction of sp³-hybridized carbons (Fsp3) is 0.424. The van der Waals surface area contributed by atoms with E-state index in [0.29, 0.717) is 36.3 Å². The van der Waals surface area contributed by atoms with E-state index in [-0.39, 0.29) is 24.4 Å². The Morgan fingerprint density at radius 3 is 2.60 bits per heavy atom. The maximum absolute atomic E-state index is 14.1.